The number of carbonyl (C=O) groups excluding carboxylic acids is 1. The van der Waals surface area contributed by atoms with E-state index in [9.17, 15) is 4.79 Å². The smallest absolute Gasteiger partial charge is 0.249 e. The normalized spacial score (nSPS) is 14.4. The van der Waals surface area contributed by atoms with Gasteiger partial charge in [0.25, 0.3) is 0 Å². The molecule has 0 aliphatic heterocycles. The SMILES string of the molecule is C=C1C=C(C(N)=O)c2ccc(N)cc2C1. The first-order chi connectivity index (χ1) is 7.08. The number of primary amides is 1. The maximum atomic E-state index is 11.2. The van der Waals surface area contributed by atoms with Crippen LogP contribution in [0.25, 0.3) is 5.57 Å². The summed E-state index contributed by atoms with van der Waals surface area (Å²) < 4.78 is 0. The lowest BCUT2D eigenvalue weighted by atomic mass is 9.88. The molecule has 1 amide bonds. The van der Waals surface area contributed by atoms with E-state index in [1.165, 1.54) is 0 Å². The third kappa shape index (κ3) is 1.64. The molecule has 0 aromatic heterocycles. The Morgan fingerprint density at radius 3 is 2.80 bits per heavy atom. The summed E-state index contributed by atoms with van der Waals surface area (Å²) in [5.74, 6) is -0.429. The van der Waals surface area contributed by atoms with Gasteiger partial charge in [0.2, 0.25) is 5.91 Å². The van der Waals surface area contributed by atoms with Crippen molar-refractivity contribution in [2.24, 2.45) is 5.73 Å². The zero-order valence-corrected chi connectivity index (χ0v) is 8.29. The standard InChI is InChI=1S/C12H12N2O/c1-7-4-8-6-9(13)2-3-10(8)11(5-7)12(14)15/h2-3,5-6H,1,4,13H2,(H2,14,15). The first-order valence-corrected chi connectivity index (χ1v) is 4.66. The second-order valence-corrected chi connectivity index (χ2v) is 3.67. The van der Waals surface area contributed by atoms with Crippen LogP contribution in [0.1, 0.15) is 11.1 Å². The van der Waals surface area contributed by atoms with E-state index in [4.69, 9.17) is 11.5 Å². The largest absolute Gasteiger partial charge is 0.399 e. The molecule has 0 saturated carbocycles. The molecular formula is C12H12N2O. The second-order valence-electron chi connectivity index (χ2n) is 3.67. The minimum Gasteiger partial charge on any atom is -0.399 e. The molecule has 0 fully saturated rings. The third-order valence-corrected chi connectivity index (χ3v) is 2.45. The average Bonchev–Trinajstić information content (AvgIpc) is 2.15. The molecule has 1 aliphatic carbocycles. The monoisotopic (exact) mass is 200 g/mol. The van der Waals surface area contributed by atoms with Gasteiger partial charge in [-0.1, -0.05) is 12.6 Å². The fourth-order valence-corrected chi connectivity index (χ4v) is 1.80. The molecule has 1 aliphatic rings. The molecule has 1 aromatic carbocycles. The lowest BCUT2D eigenvalue weighted by Crippen LogP contribution is -2.17. The second kappa shape index (κ2) is 3.28. The van der Waals surface area contributed by atoms with Gasteiger partial charge < -0.3 is 11.5 Å². The summed E-state index contributed by atoms with van der Waals surface area (Å²) in [7, 11) is 0. The van der Waals surface area contributed by atoms with Gasteiger partial charge in [0.05, 0.1) is 0 Å². The van der Waals surface area contributed by atoms with Gasteiger partial charge in [0, 0.05) is 11.3 Å². The number of anilines is 1. The fourth-order valence-electron chi connectivity index (χ4n) is 1.80. The number of rotatable bonds is 1. The van der Waals surface area contributed by atoms with E-state index in [0.717, 1.165) is 23.1 Å². The van der Waals surface area contributed by atoms with Crippen molar-refractivity contribution >= 4 is 17.2 Å². The third-order valence-electron chi connectivity index (χ3n) is 2.45. The number of carbonyl (C=O) groups is 1. The zero-order chi connectivity index (χ0) is 11.0. The van der Waals surface area contributed by atoms with Crippen LogP contribution in [-0.2, 0) is 11.2 Å². The van der Waals surface area contributed by atoms with E-state index in [2.05, 4.69) is 6.58 Å². The van der Waals surface area contributed by atoms with Crippen LogP contribution in [-0.4, -0.2) is 5.91 Å². The zero-order valence-electron chi connectivity index (χ0n) is 8.29. The molecule has 0 unspecified atom stereocenters. The van der Waals surface area contributed by atoms with Gasteiger partial charge in [-0.05, 0) is 41.3 Å². The van der Waals surface area contributed by atoms with E-state index >= 15 is 0 Å². The maximum absolute atomic E-state index is 11.2. The van der Waals surface area contributed by atoms with Crippen LogP contribution < -0.4 is 11.5 Å². The summed E-state index contributed by atoms with van der Waals surface area (Å²) >= 11 is 0. The molecule has 0 bridgehead atoms. The van der Waals surface area contributed by atoms with E-state index in [1.54, 1.807) is 12.1 Å². The van der Waals surface area contributed by atoms with Crippen LogP contribution >= 0.6 is 0 Å². The minimum absolute atomic E-state index is 0.429. The minimum atomic E-state index is -0.429. The number of benzene rings is 1. The first-order valence-electron chi connectivity index (χ1n) is 4.66. The summed E-state index contributed by atoms with van der Waals surface area (Å²) in [6.07, 6.45) is 2.46. The number of nitrogens with two attached hydrogens (primary N) is 2. The van der Waals surface area contributed by atoms with Crippen molar-refractivity contribution in [3.05, 3.63) is 47.6 Å². The van der Waals surface area contributed by atoms with Gasteiger partial charge in [-0.15, -0.1) is 0 Å². The van der Waals surface area contributed by atoms with E-state index < -0.39 is 5.91 Å². The Hall–Kier alpha value is -2.03. The quantitative estimate of drug-likeness (QED) is 0.670. The van der Waals surface area contributed by atoms with Crippen molar-refractivity contribution < 1.29 is 4.79 Å². The van der Waals surface area contributed by atoms with Crippen LogP contribution in [0.2, 0.25) is 0 Å². The highest BCUT2D eigenvalue weighted by atomic mass is 16.1. The molecule has 0 heterocycles. The average molecular weight is 200 g/mol. The van der Waals surface area contributed by atoms with Crippen molar-refractivity contribution in [1.82, 2.24) is 0 Å². The molecule has 15 heavy (non-hydrogen) atoms. The molecular weight excluding hydrogens is 188 g/mol. The molecule has 76 valence electrons. The van der Waals surface area contributed by atoms with Crippen molar-refractivity contribution in [2.45, 2.75) is 6.42 Å². The van der Waals surface area contributed by atoms with Gasteiger partial charge in [0.1, 0.15) is 0 Å². The highest BCUT2D eigenvalue weighted by molar-refractivity contribution is 6.20. The Morgan fingerprint density at radius 2 is 2.13 bits per heavy atom. The van der Waals surface area contributed by atoms with E-state index in [1.807, 2.05) is 12.1 Å². The van der Waals surface area contributed by atoms with Gasteiger partial charge in [-0.2, -0.15) is 0 Å². The van der Waals surface area contributed by atoms with Crippen LogP contribution in [0.3, 0.4) is 0 Å². The maximum Gasteiger partial charge on any atom is 0.249 e. The summed E-state index contributed by atoms with van der Waals surface area (Å²) in [6, 6.07) is 5.45. The summed E-state index contributed by atoms with van der Waals surface area (Å²) in [5.41, 5.74) is 14.9. The Balaban J connectivity index is 2.61. The molecule has 4 N–H and O–H groups in total. The molecule has 3 nitrogen and oxygen atoms in total. The number of amides is 1. The van der Waals surface area contributed by atoms with Crippen LogP contribution in [0.5, 0.6) is 0 Å². The summed E-state index contributed by atoms with van der Waals surface area (Å²) in [6.45, 7) is 3.85. The number of allylic oxidation sites excluding steroid dienone is 2. The molecule has 0 saturated heterocycles. The molecule has 0 atom stereocenters. The van der Waals surface area contributed by atoms with Crippen molar-refractivity contribution in [3.8, 4) is 0 Å². The van der Waals surface area contributed by atoms with Gasteiger partial charge >= 0.3 is 0 Å². The van der Waals surface area contributed by atoms with Crippen LogP contribution in [0.4, 0.5) is 5.69 Å². The number of hydrogen-bond acceptors (Lipinski definition) is 2. The highest BCUT2D eigenvalue weighted by Gasteiger charge is 2.17. The van der Waals surface area contributed by atoms with Crippen molar-refractivity contribution in [3.63, 3.8) is 0 Å². The predicted molar refractivity (Wildman–Crippen MR) is 60.9 cm³/mol. The molecule has 0 spiro atoms. The Morgan fingerprint density at radius 1 is 1.40 bits per heavy atom. The molecule has 2 rings (SSSR count). The predicted octanol–water partition coefficient (Wildman–Crippen LogP) is 1.25. The van der Waals surface area contributed by atoms with Gasteiger partial charge in [-0.3, -0.25) is 4.79 Å². The van der Waals surface area contributed by atoms with Crippen LogP contribution in [0, 0.1) is 0 Å². The number of fused-ring (bicyclic) bond motifs is 1. The molecule has 0 radical (unpaired) electrons. The number of hydrogen-bond donors (Lipinski definition) is 2. The fraction of sp³-hybridized carbons (Fsp3) is 0.0833. The topological polar surface area (TPSA) is 69.1 Å². The Labute approximate surface area is 88.1 Å². The Kier molecular flexibility index (Phi) is 2.08. The summed E-state index contributed by atoms with van der Waals surface area (Å²) in [4.78, 5) is 11.2. The number of nitrogen functional groups attached to an aromatic ring is 1. The van der Waals surface area contributed by atoms with Gasteiger partial charge in [-0.25, -0.2) is 0 Å². The lowest BCUT2D eigenvalue weighted by Gasteiger charge is -2.17. The highest BCUT2D eigenvalue weighted by Crippen LogP contribution is 2.29. The molecule has 3 heteroatoms. The van der Waals surface area contributed by atoms with Crippen molar-refractivity contribution in [2.75, 3.05) is 5.73 Å². The Bertz CT molecular complexity index is 486. The molecule has 1 aromatic rings. The van der Waals surface area contributed by atoms with Gasteiger partial charge in [0.15, 0.2) is 0 Å². The van der Waals surface area contributed by atoms with E-state index in [-0.39, 0.29) is 0 Å². The first kappa shape index (κ1) is 9.52. The van der Waals surface area contributed by atoms with Crippen molar-refractivity contribution in [1.29, 1.82) is 0 Å². The lowest BCUT2D eigenvalue weighted by molar-refractivity contribution is -0.112. The van der Waals surface area contributed by atoms with E-state index in [0.29, 0.717) is 11.3 Å². The summed E-state index contributed by atoms with van der Waals surface area (Å²) in [5, 5.41) is 0. The van der Waals surface area contributed by atoms with Crippen LogP contribution in [0.15, 0.2) is 36.4 Å².